The van der Waals surface area contributed by atoms with Crippen LogP contribution in [-0.4, -0.2) is 31.7 Å². The highest BCUT2D eigenvalue weighted by molar-refractivity contribution is 8.00. The van der Waals surface area contributed by atoms with Gasteiger partial charge in [-0.05, 0) is 24.6 Å². The summed E-state index contributed by atoms with van der Waals surface area (Å²) in [7, 11) is -3.11. The first-order valence-corrected chi connectivity index (χ1v) is 8.57. The molecule has 0 spiro atoms. The fraction of sp³-hybridized carbons (Fsp3) is 0.500. The van der Waals surface area contributed by atoms with Gasteiger partial charge in [0, 0.05) is 29.0 Å². The van der Waals surface area contributed by atoms with Crippen molar-refractivity contribution in [2.75, 3.05) is 17.3 Å². The second kappa shape index (κ2) is 4.90. The first-order chi connectivity index (χ1) is 7.95. The van der Waals surface area contributed by atoms with E-state index in [1.165, 1.54) is 6.26 Å². The number of rotatable bonds is 3. The van der Waals surface area contributed by atoms with Gasteiger partial charge in [0.1, 0.15) is 0 Å². The summed E-state index contributed by atoms with van der Waals surface area (Å²) in [5.41, 5.74) is 0.896. The highest BCUT2D eigenvalue weighted by atomic mass is 32.2. The number of nitrogens with one attached hydrogen (secondary N) is 1. The Morgan fingerprint density at radius 2 is 2.18 bits per heavy atom. The zero-order valence-corrected chi connectivity index (χ0v) is 11.6. The summed E-state index contributed by atoms with van der Waals surface area (Å²) in [6.45, 7) is 2.22. The number of hydrogen-bond acceptors (Lipinski definition) is 4. The van der Waals surface area contributed by atoms with Crippen LogP contribution in [0.1, 0.15) is 13.3 Å². The molecule has 2 unspecified atom stereocenters. The molecule has 1 aromatic carbocycles. The molecule has 1 heterocycles. The van der Waals surface area contributed by atoms with Gasteiger partial charge in [0.25, 0.3) is 0 Å². The Morgan fingerprint density at radius 1 is 1.41 bits per heavy atom. The van der Waals surface area contributed by atoms with Gasteiger partial charge in [-0.3, -0.25) is 0 Å². The molecule has 0 bridgehead atoms. The number of thioether (sulfide) groups is 1. The topological polar surface area (TPSA) is 46.2 Å². The van der Waals surface area contributed by atoms with Crippen LogP contribution in [-0.2, 0) is 9.84 Å². The van der Waals surface area contributed by atoms with E-state index in [-0.39, 0.29) is 0 Å². The number of benzene rings is 1. The molecule has 1 saturated heterocycles. The van der Waals surface area contributed by atoms with Crippen LogP contribution < -0.4 is 5.32 Å². The van der Waals surface area contributed by atoms with Gasteiger partial charge < -0.3 is 5.32 Å². The molecule has 5 heteroatoms. The van der Waals surface area contributed by atoms with Gasteiger partial charge >= 0.3 is 0 Å². The summed E-state index contributed by atoms with van der Waals surface area (Å²) in [5.74, 6) is 1.09. The second-order valence-corrected chi connectivity index (χ2v) is 8.01. The minimum Gasteiger partial charge on any atom is -0.381 e. The van der Waals surface area contributed by atoms with Gasteiger partial charge in [0.2, 0.25) is 0 Å². The Balaban J connectivity index is 2.12. The molecule has 94 valence electrons. The highest BCUT2D eigenvalue weighted by Crippen LogP contribution is 2.28. The summed E-state index contributed by atoms with van der Waals surface area (Å²) in [6, 6.07) is 7.49. The monoisotopic (exact) mass is 271 g/mol. The van der Waals surface area contributed by atoms with E-state index in [4.69, 9.17) is 0 Å². The molecule has 0 saturated carbocycles. The van der Waals surface area contributed by atoms with E-state index in [1.807, 2.05) is 17.8 Å². The van der Waals surface area contributed by atoms with Crippen molar-refractivity contribution in [1.29, 1.82) is 0 Å². The van der Waals surface area contributed by atoms with Crippen LogP contribution in [0.5, 0.6) is 0 Å². The van der Waals surface area contributed by atoms with E-state index in [0.717, 1.165) is 17.9 Å². The van der Waals surface area contributed by atoms with Crippen LogP contribution in [0.25, 0.3) is 0 Å². The van der Waals surface area contributed by atoms with Crippen molar-refractivity contribution in [3.05, 3.63) is 24.3 Å². The van der Waals surface area contributed by atoms with Crippen molar-refractivity contribution in [3.63, 3.8) is 0 Å². The standard InChI is InChI=1S/C12H17NO2S2/c1-9-6-11(8-16-9)13-10-4-3-5-12(7-10)17(2,14)15/h3-5,7,9,11,13H,6,8H2,1-2H3. The zero-order chi connectivity index (χ0) is 12.5. The fourth-order valence-corrected chi connectivity index (χ4v) is 3.79. The van der Waals surface area contributed by atoms with Crippen molar-refractivity contribution >= 4 is 27.3 Å². The maximum atomic E-state index is 11.4. The normalized spacial score (nSPS) is 24.8. The minimum absolute atomic E-state index is 0.376. The van der Waals surface area contributed by atoms with Crippen molar-refractivity contribution in [1.82, 2.24) is 0 Å². The molecule has 0 amide bonds. The van der Waals surface area contributed by atoms with Crippen molar-refractivity contribution in [2.24, 2.45) is 0 Å². The number of sulfone groups is 1. The molecule has 0 aromatic heterocycles. The quantitative estimate of drug-likeness (QED) is 0.917. The molecule has 3 nitrogen and oxygen atoms in total. The lowest BCUT2D eigenvalue weighted by atomic mass is 10.2. The van der Waals surface area contributed by atoms with Gasteiger partial charge in [-0.1, -0.05) is 13.0 Å². The Hall–Kier alpha value is -0.680. The summed E-state index contributed by atoms with van der Waals surface area (Å²) in [5, 5.41) is 4.08. The molecule has 1 aliphatic rings. The maximum absolute atomic E-state index is 11.4. The Morgan fingerprint density at radius 3 is 2.76 bits per heavy atom. The fourth-order valence-electron chi connectivity index (χ4n) is 1.97. The minimum atomic E-state index is -3.11. The van der Waals surface area contributed by atoms with E-state index >= 15 is 0 Å². The first kappa shape index (κ1) is 12.8. The van der Waals surface area contributed by atoms with Gasteiger partial charge in [-0.2, -0.15) is 11.8 Å². The van der Waals surface area contributed by atoms with Crippen LogP contribution >= 0.6 is 11.8 Å². The molecule has 2 atom stereocenters. The van der Waals surface area contributed by atoms with Gasteiger partial charge in [-0.25, -0.2) is 8.42 Å². The SMILES string of the molecule is CC1CC(Nc2cccc(S(C)(=O)=O)c2)CS1. The third-order valence-corrected chi connectivity index (χ3v) is 5.30. The second-order valence-electron chi connectivity index (χ2n) is 4.52. The third kappa shape index (κ3) is 3.39. The molecule has 0 radical (unpaired) electrons. The molecule has 2 rings (SSSR count). The van der Waals surface area contributed by atoms with E-state index in [9.17, 15) is 8.42 Å². The Labute approximate surface area is 107 Å². The molecule has 1 aromatic rings. The summed E-state index contributed by atoms with van der Waals surface area (Å²) in [4.78, 5) is 0.376. The predicted molar refractivity (Wildman–Crippen MR) is 73.5 cm³/mol. The third-order valence-electron chi connectivity index (χ3n) is 2.83. The molecule has 0 aliphatic carbocycles. The zero-order valence-electron chi connectivity index (χ0n) is 10.0. The van der Waals surface area contributed by atoms with E-state index in [0.29, 0.717) is 16.2 Å². The smallest absolute Gasteiger partial charge is 0.175 e. The van der Waals surface area contributed by atoms with Crippen molar-refractivity contribution in [2.45, 2.75) is 29.5 Å². The van der Waals surface area contributed by atoms with Crippen LogP contribution in [0.15, 0.2) is 29.2 Å². The van der Waals surface area contributed by atoms with Gasteiger partial charge in [0.05, 0.1) is 4.90 Å². The van der Waals surface area contributed by atoms with E-state index in [1.54, 1.807) is 18.2 Å². The molecule has 17 heavy (non-hydrogen) atoms. The number of anilines is 1. The Kier molecular flexibility index (Phi) is 3.68. The van der Waals surface area contributed by atoms with E-state index < -0.39 is 9.84 Å². The lowest BCUT2D eigenvalue weighted by molar-refractivity contribution is 0.602. The lowest BCUT2D eigenvalue weighted by Crippen LogP contribution is -2.19. The summed E-state index contributed by atoms with van der Waals surface area (Å²) >= 11 is 1.95. The van der Waals surface area contributed by atoms with Crippen LogP contribution in [0, 0.1) is 0 Å². The first-order valence-electron chi connectivity index (χ1n) is 5.63. The summed E-state index contributed by atoms with van der Waals surface area (Å²) in [6.07, 6.45) is 2.37. The molecular weight excluding hydrogens is 254 g/mol. The average Bonchev–Trinajstić information content (AvgIpc) is 2.63. The molecule has 1 N–H and O–H groups in total. The van der Waals surface area contributed by atoms with Crippen LogP contribution in [0.4, 0.5) is 5.69 Å². The van der Waals surface area contributed by atoms with Crippen molar-refractivity contribution in [3.8, 4) is 0 Å². The van der Waals surface area contributed by atoms with Crippen LogP contribution in [0.2, 0.25) is 0 Å². The number of hydrogen-bond donors (Lipinski definition) is 1. The average molecular weight is 271 g/mol. The molecule has 1 aliphatic heterocycles. The predicted octanol–water partition coefficient (Wildman–Crippen LogP) is 2.40. The summed E-state index contributed by atoms with van der Waals surface area (Å²) < 4.78 is 22.9. The van der Waals surface area contributed by atoms with E-state index in [2.05, 4.69) is 12.2 Å². The molecule has 1 fully saturated rings. The van der Waals surface area contributed by atoms with Gasteiger partial charge in [0.15, 0.2) is 9.84 Å². The Bertz CT molecular complexity index is 499. The van der Waals surface area contributed by atoms with Crippen molar-refractivity contribution < 1.29 is 8.42 Å². The maximum Gasteiger partial charge on any atom is 0.175 e. The lowest BCUT2D eigenvalue weighted by Gasteiger charge is -2.13. The van der Waals surface area contributed by atoms with Gasteiger partial charge in [-0.15, -0.1) is 0 Å². The molecular formula is C12H17NO2S2. The largest absolute Gasteiger partial charge is 0.381 e. The van der Waals surface area contributed by atoms with Crippen LogP contribution in [0.3, 0.4) is 0 Å². The highest BCUT2D eigenvalue weighted by Gasteiger charge is 2.21.